The van der Waals surface area contributed by atoms with Crippen molar-refractivity contribution in [2.24, 2.45) is 0 Å². The van der Waals surface area contributed by atoms with Crippen molar-refractivity contribution in [2.75, 3.05) is 4.90 Å². The number of rotatable bonds is 3. The largest absolute Gasteiger partial charge is 0.393 e. The number of ketones is 1. The van der Waals surface area contributed by atoms with Gasteiger partial charge in [-0.3, -0.25) is 14.9 Å². The molecule has 108 valence electrons. The SMILES string of the molecule is CC(=O)c1cc([N+](=O)[O-])c(N2C3CCC2CC(O)C3)s1. The molecule has 2 bridgehead atoms. The standard InChI is InChI=1S/C13H16N2O4S/c1-7(16)12-6-11(15(18)19)13(20-12)14-8-2-3-9(14)5-10(17)4-8/h6,8-10,17H,2-5H2,1H3. The fraction of sp³-hybridized carbons (Fsp3) is 0.615. The first-order valence-electron chi connectivity index (χ1n) is 6.73. The van der Waals surface area contributed by atoms with Crippen LogP contribution in [0.4, 0.5) is 10.7 Å². The normalized spacial score (nSPS) is 28.7. The van der Waals surface area contributed by atoms with Crippen LogP contribution >= 0.6 is 11.3 Å². The third-order valence-corrected chi connectivity index (χ3v) is 5.42. The van der Waals surface area contributed by atoms with E-state index in [0.29, 0.717) is 22.7 Å². The Morgan fingerprint density at radius 1 is 1.45 bits per heavy atom. The van der Waals surface area contributed by atoms with Crippen molar-refractivity contribution in [3.8, 4) is 0 Å². The second kappa shape index (κ2) is 4.82. The van der Waals surface area contributed by atoms with Gasteiger partial charge in [-0.05, 0) is 32.6 Å². The van der Waals surface area contributed by atoms with Crippen molar-refractivity contribution in [3.05, 3.63) is 21.1 Å². The molecule has 0 radical (unpaired) electrons. The molecule has 3 rings (SSSR count). The summed E-state index contributed by atoms with van der Waals surface area (Å²) in [6.45, 7) is 1.42. The van der Waals surface area contributed by atoms with Crippen LogP contribution in [0.2, 0.25) is 0 Å². The van der Waals surface area contributed by atoms with Crippen LogP contribution in [0.5, 0.6) is 0 Å². The third-order valence-electron chi connectivity index (χ3n) is 4.18. The van der Waals surface area contributed by atoms with Crippen molar-refractivity contribution >= 4 is 27.8 Å². The zero-order chi connectivity index (χ0) is 14.4. The lowest BCUT2D eigenvalue weighted by atomic mass is 10.0. The second-order valence-corrected chi connectivity index (χ2v) is 6.56. The van der Waals surface area contributed by atoms with E-state index < -0.39 is 4.92 Å². The van der Waals surface area contributed by atoms with Gasteiger partial charge >= 0.3 is 5.69 Å². The zero-order valence-corrected chi connectivity index (χ0v) is 11.9. The molecule has 1 aromatic rings. The molecule has 1 N–H and O–H groups in total. The third kappa shape index (κ3) is 2.10. The van der Waals surface area contributed by atoms with Crippen molar-refractivity contribution in [3.63, 3.8) is 0 Å². The Kier molecular flexibility index (Phi) is 3.25. The molecule has 0 aromatic carbocycles. The summed E-state index contributed by atoms with van der Waals surface area (Å²) < 4.78 is 0. The van der Waals surface area contributed by atoms with Crippen LogP contribution in [-0.4, -0.2) is 34.0 Å². The molecule has 2 unspecified atom stereocenters. The van der Waals surface area contributed by atoms with Gasteiger partial charge < -0.3 is 10.0 Å². The molecule has 0 aliphatic carbocycles. The van der Waals surface area contributed by atoms with Crippen molar-refractivity contribution in [1.29, 1.82) is 0 Å². The van der Waals surface area contributed by atoms with Crippen LogP contribution in [0.1, 0.15) is 42.3 Å². The zero-order valence-electron chi connectivity index (χ0n) is 11.1. The van der Waals surface area contributed by atoms with E-state index in [9.17, 15) is 20.0 Å². The number of carbonyl (C=O) groups is 1. The maximum atomic E-state index is 11.5. The number of nitro groups is 1. The molecule has 0 spiro atoms. The highest BCUT2D eigenvalue weighted by Crippen LogP contribution is 2.46. The maximum Gasteiger partial charge on any atom is 0.304 e. The van der Waals surface area contributed by atoms with Gasteiger partial charge in [-0.1, -0.05) is 0 Å². The topological polar surface area (TPSA) is 83.7 Å². The van der Waals surface area contributed by atoms with E-state index in [2.05, 4.69) is 4.90 Å². The number of hydrogen-bond donors (Lipinski definition) is 1. The number of thiophene rings is 1. The summed E-state index contributed by atoms with van der Waals surface area (Å²) in [6.07, 6.45) is 2.90. The van der Waals surface area contributed by atoms with Gasteiger partial charge in [0.05, 0.1) is 15.9 Å². The smallest absolute Gasteiger partial charge is 0.304 e. The number of aliphatic hydroxyl groups excluding tert-OH is 1. The second-order valence-electron chi connectivity index (χ2n) is 5.53. The molecule has 20 heavy (non-hydrogen) atoms. The minimum atomic E-state index is -0.414. The van der Waals surface area contributed by atoms with Crippen LogP contribution in [0.3, 0.4) is 0 Å². The molecule has 1 aromatic heterocycles. The van der Waals surface area contributed by atoms with E-state index in [1.165, 1.54) is 24.3 Å². The summed E-state index contributed by atoms with van der Waals surface area (Å²) >= 11 is 1.20. The van der Waals surface area contributed by atoms with Crippen LogP contribution in [0.15, 0.2) is 6.07 Å². The summed E-state index contributed by atoms with van der Waals surface area (Å²) in [6, 6.07) is 1.69. The number of fused-ring (bicyclic) bond motifs is 2. The van der Waals surface area contributed by atoms with Gasteiger partial charge in [-0.25, -0.2) is 0 Å². The fourth-order valence-electron chi connectivity index (χ4n) is 3.34. The molecule has 7 heteroatoms. The van der Waals surface area contributed by atoms with E-state index in [-0.39, 0.29) is 29.7 Å². The van der Waals surface area contributed by atoms with E-state index in [4.69, 9.17) is 0 Å². The first kappa shape index (κ1) is 13.5. The van der Waals surface area contributed by atoms with Crippen molar-refractivity contribution < 1.29 is 14.8 Å². The molecular weight excluding hydrogens is 280 g/mol. The highest BCUT2D eigenvalue weighted by molar-refractivity contribution is 7.18. The first-order valence-corrected chi connectivity index (χ1v) is 7.54. The van der Waals surface area contributed by atoms with Crippen LogP contribution in [0, 0.1) is 10.1 Å². The molecule has 0 amide bonds. The molecule has 0 saturated carbocycles. The summed E-state index contributed by atoms with van der Waals surface area (Å²) in [4.78, 5) is 24.8. The van der Waals surface area contributed by atoms with Crippen LogP contribution in [-0.2, 0) is 0 Å². The van der Waals surface area contributed by atoms with Crippen LogP contribution in [0.25, 0.3) is 0 Å². The number of hydrogen-bond acceptors (Lipinski definition) is 6. The van der Waals surface area contributed by atoms with Crippen LogP contribution < -0.4 is 4.90 Å². The summed E-state index contributed by atoms with van der Waals surface area (Å²) in [5.41, 5.74) is 0.0217. The molecule has 2 fully saturated rings. The number of Topliss-reactive ketones (excluding diaryl/α,β-unsaturated/α-hetero) is 1. The minimum Gasteiger partial charge on any atom is -0.393 e. The Bertz CT molecular complexity index is 557. The lowest BCUT2D eigenvalue weighted by Gasteiger charge is -2.37. The number of anilines is 1. The van der Waals surface area contributed by atoms with Gasteiger partial charge in [-0.2, -0.15) is 0 Å². The summed E-state index contributed by atoms with van der Waals surface area (Å²) in [5, 5.41) is 21.6. The molecule has 3 heterocycles. The van der Waals surface area contributed by atoms with Gasteiger partial charge in [0, 0.05) is 18.2 Å². The molecule has 2 atom stereocenters. The molecule has 2 aliphatic rings. The predicted octanol–water partition coefficient (Wildman–Crippen LogP) is 2.35. The highest BCUT2D eigenvalue weighted by Gasteiger charge is 2.43. The maximum absolute atomic E-state index is 11.5. The molecular formula is C13H16N2O4S. The van der Waals surface area contributed by atoms with Gasteiger partial charge in [-0.15, -0.1) is 11.3 Å². The predicted molar refractivity (Wildman–Crippen MR) is 75.5 cm³/mol. The molecule has 2 saturated heterocycles. The van der Waals surface area contributed by atoms with Gasteiger partial charge in [0.25, 0.3) is 0 Å². The molecule has 2 aliphatic heterocycles. The highest BCUT2D eigenvalue weighted by atomic mass is 32.1. The Balaban J connectivity index is 2.01. The number of nitrogens with zero attached hydrogens (tertiary/aromatic N) is 2. The monoisotopic (exact) mass is 296 g/mol. The van der Waals surface area contributed by atoms with Crippen molar-refractivity contribution in [2.45, 2.75) is 50.8 Å². The number of carbonyl (C=O) groups excluding carboxylic acids is 1. The van der Waals surface area contributed by atoms with E-state index in [1.54, 1.807) is 0 Å². The lowest BCUT2D eigenvalue weighted by Crippen LogP contribution is -2.44. The van der Waals surface area contributed by atoms with Gasteiger partial charge in [0.1, 0.15) is 0 Å². The first-order chi connectivity index (χ1) is 9.47. The van der Waals surface area contributed by atoms with E-state index in [1.807, 2.05) is 0 Å². The fourth-order valence-corrected chi connectivity index (χ4v) is 4.51. The molecule has 6 nitrogen and oxygen atoms in total. The Morgan fingerprint density at radius 2 is 2.05 bits per heavy atom. The number of piperidine rings is 1. The Hall–Kier alpha value is -1.47. The quantitative estimate of drug-likeness (QED) is 0.526. The van der Waals surface area contributed by atoms with Gasteiger partial charge in [0.15, 0.2) is 10.8 Å². The lowest BCUT2D eigenvalue weighted by molar-refractivity contribution is -0.383. The van der Waals surface area contributed by atoms with E-state index >= 15 is 0 Å². The average molecular weight is 296 g/mol. The van der Waals surface area contributed by atoms with Crippen molar-refractivity contribution in [1.82, 2.24) is 0 Å². The Labute approximate surface area is 120 Å². The Morgan fingerprint density at radius 3 is 2.55 bits per heavy atom. The number of aliphatic hydroxyl groups is 1. The van der Waals surface area contributed by atoms with E-state index in [0.717, 1.165) is 12.8 Å². The van der Waals surface area contributed by atoms with Gasteiger partial charge in [0.2, 0.25) is 0 Å². The minimum absolute atomic E-state index is 0.0217. The average Bonchev–Trinajstić information content (AvgIpc) is 2.89. The summed E-state index contributed by atoms with van der Waals surface area (Å²) in [5.74, 6) is -0.145. The summed E-state index contributed by atoms with van der Waals surface area (Å²) in [7, 11) is 0.